The van der Waals surface area contributed by atoms with Gasteiger partial charge in [0.2, 0.25) is 0 Å². The standard InChI is InChI=1S/C11H14O2S/c1-6-3-4-8-5-7(2)14-10(8)9(6)11(12)13/h5-6,9H,3-4H2,1-2H3,(H,12,13). The highest BCUT2D eigenvalue weighted by atomic mass is 32.1. The fourth-order valence-corrected chi connectivity index (χ4v) is 3.51. The first kappa shape index (κ1) is 9.71. The molecule has 0 amide bonds. The highest BCUT2D eigenvalue weighted by molar-refractivity contribution is 7.12. The van der Waals surface area contributed by atoms with Crippen LogP contribution in [0.5, 0.6) is 0 Å². The number of hydrogen-bond acceptors (Lipinski definition) is 2. The average molecular weight is 210 g/mol. The van der Waals surface area contributed by atoms with Crippen LogP contribution in [-0.2, 0) is 11.2 Å². The quantitative estimate of drug-likeness (QED) is 0.774. The smallest absolute Gasteiger partial charge is 0.312 e. The Kier molecular flexibility index (Phi) is 2.35. The largest absolute Gasteiger partial charge is 0.481 e. The zero-order valence-corrected chi connectivity index (χ0v) is 9.23. The van der Waals surface area contributed by atoms with Crippen molar-refractivity contribution in [2.45, 2.75) is 32.6 Å². The summed E-state index contributed by atoms with van der Waals surface area (Å²) in [6, 6.07) is 2.14. The van der Waals surface area contributed by atoms with Gasteiger partial charge in [-0.25, -0.2) is 0 Å². The highest BCUT2D eigenvalue weighted by Gasteiger charge is 2.33. The van der Waals surface area contributed by atoms with Crippen LogP contribution in [0.4, 0.5) is 0 Å². The second kappa shape index (κ2) is 3.39. The molecule has 2 rings (SSSR count). The van der Waals surface area contributed by atoms with E-state index in [1.54, 1.807) is 11.3 Å². The number of fused-ring (bicyclic) bond motifs is 1. The molecule has 14 heavy (non-hydrogen) atoms. The number of rotatable bonds is 1. The van der Waals surface area contributed by atoms with Crippen LogP contribution in [-0.4, -0.2) is 11.1 Å². The van der Waals surface area contributed by atoms with Crippen LogP contribution < -0.4 is 0 Å². The fraction of sp³-hybridized carbons (Fsp3) is 0.545. The van der Waals surface area contributed by atoms with E-state index in [0.717, 1.165) is 17.7 Å². The van der Waals surface area contributed by atoms with Crippen LogP contribution in [0, 0.1) is 12.8 Å². The summed E-state index contributed by atoms with van der Waals surface area (Å²) in [6.07, 6.45) is 2.05. The zero-order valence-electron chi connectivity index (χ0n) is 8.41. The van der Waals surface area contributed by atoms with Crippen molar-refractivity contribution in [3.8, 4) is 0 Å². The van der Waals surface area contributed by atoms with Gasteiger partial charge in [0.15, 0.2) is 0 Å². The van der Waals surface area contributed by atoms with Crippen molar-refractivity contribution in [3.63, 3.8) is 0 Å². The van der Waals surface area contributed by atoms with Crippen LogP contribution in [0.3, 0.4) is 0 Å². The second-order valence-corrected chi connectivity index (χ2v) is 5.37. The minimum atomic E-state index is -0.666. The summed E-state index contributed by atoms with van der Waals surface area (Å²) in [7, 11) is 0. The molecule has 0 aromatic carbocycles. The van der Waals surface area contributed by atoms with Crippen LogP contribution >= 0.6 is 11.3 Å². The Hall–Kier alpha value is -0.830. The van der Waals surface area contributed by atoms with Gasteiger partial charge in [-0.2, -0.15) is 0 Å². The fourth-order valence-electron chi connectivity index (χ4n) is 2.21. The SMILES string of the molecule is Cc1cc2c(s1)C(C(=O)O)C(C)CC2. The van der Waals surface area contributed by atoms with E-state index in [-0.39, 0.29) is 11.8 Å². The average Bonchev–Trinajstić information content (AvgIpc) is 2.43. The molecular formula is C11H14O2S. The first-order valence-electron chi connectivity index (χ1n) is 4.91. The molecule has 0 saturated carbocycles. The van der Waals surface area contributed by atoms with Crippen molar-refractivity contribution in [2.75, 3.05) is 0 Å². The Bertz CT molecular complexity index is 367. The molecule has 2 nitrogen and oxygen atoms in total. The van der Waals surface area contributed by atoms with Crippen LogP contribution in [0.1, 0.15) is 34.6 Å². The van der Waals surface area contributed by atoms with Gasteiger partial charge in [0.1, 0.15) is 0 Å². The van der Waals surface area contributed by atoms with Gasteiger partial charge in [-0.1, -0.05) is 6.92 Å². The maximum absolute atomic E-state index is 11.1. The molecule has 2 atom stereocenters. The summed E-state index contributed by atoms with van der Waals surface area (Å²) < 4.78 is 0. The van der Waals surface area contributed by atoms with Crippen LogP contribution in [0.25, 0.3) is 0 Å². The molecule has 1 aromatic heterocycles. The van der Waals surface area contributed by atoms with E-state index in [1.807, 2.05) is 13.8 Å². The van der Waals surface area contributed by atoms with E-state index in [2.05, 4.69) is 6.07 Å². The number of aryl methyl sites for hydroxylation is 2. The van der Waals surface area contributed by atoms with Crippen molar-refractivity contribution in [3.05, 3.63) is 21.4 Å². The summed E-state index contributed by atoms with van der Waals surface area (Å²) >= 11 is 1.65. The van der Waals surface area contributed by atoms with E-state index in [9.17, 15) is 9.90 Å². The van der Waals surface area contributed by atoms with Crippen molar-refractivity contribution in [1.82, 2.24) is 0 Å². The number of carboxylic acids is 1. The Morgan fingerprint density at radius 3 is 3.00 bits per heavy atom. The molecular weight excluding hydrogens is 196 g/mol. The zero-order chi connectivity index (χ0) is 10.3. The summed E-state index contributed by atoms with van der Waals surface area (Å²) in [4.78, 5) is 13.5. The topological polar surface area (TPSA) is 37.3 Å². The second-order valence-electron chi connectivity index (χ2n) is 4.08. The summed E-state index contributed by atoms with van der Waals surface area (Å²) in [5.41, 5.74) is 1.26. The van der Waals surface area contributed by atoms with E-state index in [0.29, 0.717) is 0 Å². The van der Waals surface area contributed by atoms with E-state index in [4.69, 9.17) is 0 Å². The minimum Gasteiger partial charge on any atom is -0.481 e. The molecule has 1 aliphatic carbocycles. The number of carbonyl (C=O) groups is 1. The Morgan fingerprint density at radius 2 is 2.36 bits per heavy atom. The van der Waals surface area contributed by atoms with Gasteiger partial charge in [-0.15, -0.1) is 11.3 Å². The molecule has 76 valence electrons. The molecule has 0 bridgehead atoms. The number of hydrogen-bond donors (Lipinski definition) is 1. The first-order chi connectivity index (χ1) is 6.59. The van der Waals surface area contributed by atoms with Crippen molar-refractivity contribution < 1.29 is 9.90 Å². The summed E-state index contributed by atoms with van der Waals surface area (Å²) in [6.45, 7) is 4.09. The molecule has 0 fully saturated rings. The lowest BCUT2D eigenvalue weighted by Crippen LogP contribution is -2.23. The normalized spacial score (nSPS) is 25.9. The third kappa shape index (κ3) is 1.46. The number of thiophene rings is 1. The first-order valence-corrected chi connectivity index (χ1v) is 5.73. The van der Waals surface area contributed by atoms with Gasteiger partial charge in [0.25, 0.3) is 0 Å². The Balaban J connectivity index is 2.45. The summed E-state index contributed by atoms with van der Waals surface area (Å²) in [5, 5.41) is 9.17. The molecule has 1 heterocycles. The maximum atomic E-state index is 11.1. The number of aliphatic carboxylic acids is 1. The minimum absolute atomic E-state index is 0.266. The molecule has 0 aliphatic heterocycles. The summed E-state index contributed by atoms with van der Waals surface area (Å²) in [5.74, 6) is -0.657. The molecule has 1 aromatic rings. The molecule has 0 spiro atoms. The highest BCUT2D eigenvalue weighted by Crippen LogP contribution is 2.40. The molecule has 1 N–H and O–H groups in total. The van der Waals surface area contributed by atoms with Gasteiger partial charge >= 0.3 is 5.97 Å². The maximum Gasteiger partial charge on any atom is 0.312 e. The monoisotopic (exact) mass is 210 g/mol. The van der Waals surface area contributed by atoms with Crippen molar-refractivity contribution >= 4 is 17.3 Å². The van der Waals surface area contributed by atoms with E-state index >= 15 is 0 Å². The molecule has 2 unspecified atom stereocenters. The third-order valence-corrected chi connectivity index (χ3v) is 4.13. The van der Waals surface area contributed by atoms with Gasteiger partial charge in [-0.3, -0.25) is 4.79 Å². The Morgan fingerprint density at radius 1 is 1.64 bits per heavy atom. The lowest BCUT2D eigenvalue weighted by molar-refractivity contribution is -0.140. The van der Waals surface area contributed by atoms with Crippen LogP contribution in [0.2, 0.25) is 0 Å². The predicted octanol–water partition coefficient (Wildman–Crippen LogP) is 2.81. The molecule has 0 radical (unpaired) electrons. The van der Waals surface area contributed by atoms with Gasteiger partial charge < -0.3 is 5.11 Å². The van der Waals surface area contributed by atoms with Crippen molar-refractivity contribution in [1.29, 1.82) is 0 Å². The predicted molar refractivity (Wildman–Crippen MR) is 56.9 cm³/mol. The molecule has 3 heteroatoms. The van der Waals surface area contributed by atoms with E-state index < -0.39 is 5.97 Å². The third-order valence-electron chi connectivity index (χ3n) is 2.95. The lowest BCUT2D eigenvalue weighted by Gasteiger charge is -2.25. The van der Waals surface area contributed by atoms with E-state index in [1.165, 1.54) is 10.4 Å². The van der Waals surface area contributed by atoms with Gasteiger partial charge in [0, 0.05) is 9.75 Å². The number of carboxylic acid groups (broad SMARTS) is 1. The van der Waals surface area contributed by atoms with Gasteiger partial charge in [-0.05, 0) is 37.3 Å². The Labute approximate surface area is 87.6 Å². The molecule has 0 saturated heterocycles. The molecule has 1 aliphatic rings. The van der Waals surface area contributed by atoms with Crippen molar-refractivity contribution in [2.24, 2.45) is 5.92 Å². The lowest BCUT2D eigenvalue weighted by atomic mass is 9.81. The van der Waals surface area contributed by atoms with Crippen LogP contribution in [0.15, 0.2) is 6.07 Å². The van der Waals surface area contributed by atoms with Gasteiger partial charge in [0.05, 0.1) is 5.92 Å².